The highest BCUT2D eigenvalue weighted by atomic mass is 35.5. The van der Waals surface area contributed by atoms with Gasteiger partial charge in [-0.15, -0.1) is 0 Å². The average Bonchev–Trinajstić information content (AvgIpc) is 3.72. The molecule has 0 unspecified atom stereocenters. The van der Waals surface area contributed by atoms with E-state index >= 15 is 0 Å². The second kappa shape index (κ2) is 17.7. The molecule has 12 nitrogen and oxygen atoms in total. The number of fused-ring (bicyclic) bond motifs is 1. The number of hydrogen-bond acceptors (Lipinski definition) is 10. The van der Waals surface area contributed by atoms with Gasteiger partial charge in [-0.1, -0.05) is 43.2 Å². The predicted octanol–water partition coefficient (Wildman–Crippen LogP) is 8.59. The first-order valence-corrected chi connectivity index (χ1v) is 22.3. The van der Waals surface area contributed by atoms with Crippen molar-refractivity contribution >= 4 is 49.7 Å². The number of carbonyl (C=O) groups is 1. The highest BCUT2D eigenvalue weighted by molar-refractivity contribution is 7.90. The smallest absolute Gasteiger partial charge is 0.268 e. The number of hydrogen-bond donors (Lipinski definition) is 2. The molecule has 1 aliphatic carbocycles. The summed E-state index contributed by atoms with van der Waals surface area (Å²) in [5.74, 6) is 0.0916. The lowest BCUT2D eigenvalue weighted by atomic mass is 9.72. The molecule has 3 aromatic carbocycles. The molecule has 60 heavy (non-hydrogen) atoms. The monoisotopic (exact) mass is 848 g/mol. The highest BCUT2D eigenvalue weighted by Gasteiger charge is 2.30. The number of aromatic amines is 1. The van der Waals surface area contributed by atoms with Crippen LogP contribution in [0, 0.1) is 22.7 Å². The fourth-order valence-electron chi connectivity index (χ4n) is 8.22. The van der Waals surface area contributed by atoms with Gasteiger partial charge < -0.3 is 24.1 Å². The highest BCUT2D eigenvalue weighted by Crippen LogP contribution is 2.43. The summed E-state index contributed by atoms with van der Waals surface area (Å²) in [6.07, 6.45) is 7.82. The minimum atomic E-state index is -4.45. The SMILES string of the molecule is CC1(C)CCC(CN2CCN(c3ccc(C(=O)NS(=O)(=O)c4cnc(OCC5CCOCC5)c(C#N)c4)c(Oc4ccc5[nH]ccc5c4)c3)CC2)=C(c2ccc(Cl)cc2)C1. The minimum absolute atomic E-state index is 0.0295. The zero-order chi connectivity index (χ0) is 41.9. The first kappa shape index (κ1) is 41.3. The third-order valence-electron chi connectivity index (χ3n) is 11.8. The van der Waals surface area contributed by atoms with Crippen LogP contribution in [0.5, 0.6) is 17.4 Å². The van der Waals surface area contributed by atoms with Crippen LogP contribution in [0.15, 0.2) is 95.7 Å². The lowest BCUT2D eigenvalue weighted by Crippen LogP contribution is -2.47. The van der Waals surface area contributed by atoms with Gasteiger partial charge in [-0.05, 0) is 109 Å². The number of nitriles is 1. The van der Waals surface area contributed by atoms with Gasteiger partial charge in [0.2, 0.25) is 5.88 Å². The van der Waals surface area contributed by atoms with E-state index in [0.717, 1.165) is 98.7 Å². The molecule has 8 rings (SSSR count). The van der Waals surface area contributed by atoms with Crippen LogP contribution >= 0.6 is 11.6 Å². The number of nitrogens with zero attached hydrogens (tertiary/aromatic N) is 4. The normalized spacial score (nSPS) is 17.7. The first-order valence-electron chi connectivity index (χ1n) is 20.4. The number of benzene rings is 3. The Morgan fingerprint density at radius 2 is 1.82 bits per heavy atom. The van der Waals surface area contributed by atoms with Gasteiger partial charge in [0.05, 0.1) is 18.4 Å². The number of pyridine rings is 1. The quantitative estimate of drug-likeness (QED) is 0.125. The van der Waals surface area contributed by atoms with Gasteiger partial charge in [-0.3, -0.25) is 9.69 Å². The largest absolute Gasteiger partial charge is 0.476 e. The molecule has 2 aliphatic heterocycles. The second-order valence-corrected chi connectivity index (χ2v) is 18.8. The van der Waals surface area contributed by atoms with E-state index in [2.05, 4.69) is 50.5 Å². The van der Waals surface area contributed by atoms with Crippen molar-refractivity contribution < 1.29 is 27.4 Å². The average molecular weight is 849 g/mol. The van der Waals surface area contributed by atoms with Crippen molar-refractivity contribution in [3.05, 3.63) is 112 Å². The maximum atomic E-state index is 13.9. The molecule has 4 heterocycles. The topological polar surface area (TPSA) is 150 Å². The predicted molar refractivity (Wildman–Crippen MR) is 232 cm³/mol. The molecule has 2 fully saturated rings. The van der Waals surface area contributed by atoms with Crippen LogP contribution in [0.1, 0.15) is 67.4 Å². The second-order valence-electron chi connectivity index (χ2n) is 16.6. The van der Waals surface area contributed by atoms with E-state index in [1.54, 1.807) is 18.2 Å². The first-order chi connectivity index (χ1) is 28.9. The van der Waals surface area contributed by atoms with Crippen molar-refractivity contribution in [2.24, 2.45) is 11.3 Å². The number of nitrogens with one attached hydrogen (secondary N) is 2. The molecule has 1 amide bonds. The van der Waals surface area contributed by atoms with Crippen LogP contribution in [-0.4, -0.2) is 81.7 Å². The summed E-state index contributed by atoms with van der Waals surface area (Å²) in [6, 6.07) is 24.0. The molecule has 5 aromatic rings. The van der Waals surface area contributed by atoms with Crippen molar-refractivity contribution in [1.29, 1.82) is 5.26 Å². The molecule has 0 spiro atoms. The van der Waals surface area contributed by atoms with E-state index in [9.17, 15) is 18.5 Å². The number of allylic oxidation sites excluding steroid dienone is 1. The zero-order valence-corrected chi connectivity index (χ0v) is 35.4. The standard InChI is InChI=1S/C46H49ClN6O6S/c1-46(2)15-11-34(41(26-46)32-3-5-36(47)6-4-32)29-52-17-19-53(20-18-52)37-7-9-40(43(25-37)59-38-8-10-42-33(23-38)12-16-49-42)44(54)51-60(55,56)39-24-35(27-48)45(50-28-39)58-30-31-13-21-57-22-14-31/h3-10,12,16,23-25,28,31,49H,11,13-15,17-22,26,29-30H2,1-2H3,(H,51,54). The molecule has 0 bridgehead atoms. The van der Waals surface area contributed by atoms with Gasteiger partial charge in [-0.25, -0.2) is 18.1 Å². The van der Waals surface area contributed by atoms with Crippen molar-refractivity contribution in [2.75, 3.05) is 57.4 Å². The van der Waals surface area contributed by atoms with Crippen LogP contribution in [0.25, 0.3) is 16.5 Å². The summed E-state index contributed by atoms with van der Waals surface area (Å²) in [7, 11) is -4.45. The Labute approximate surface area is 356 Å². The molecule has 2 N–H and O–H groups in total. The third kappa shape index (κ3) is 9.63. The molecule has 2 saturated heterocycles. The van der Waals surface area contributed by atoms with E-state index in [4.69, 9.17) is 25.8 Å². The molecule has 3 aliphatic rings. The number of halogens is 1. The van der Waals surface area contributed by atoms with Crippen LogP contribution in [-0.2, 0) is 14.8 Å². The fourth-order valence-corrected chi connectivity index (χ4v) is 9.28. The summed E-state index contributed by atoms with van der Waals surface area (Å²) < 4.78 is 47.0. The number of carbonyl (C=O) groups excluding carboxylic acids is 1. The van der Waals surface area contributed by atoms with Crippen molar-refractivity contribution in [1.82, 2.24) is 19.6 Å². The molecule has 0 radical (unpaired) electrons. The summed E-state index contributed by atoms with van der Waals surface area (Å²) >= 11 is 6.24. The minimum Gasteiger partial charge on any atom is -0.476 e. The Balaban J connectivity index is 0.995. The number of anilines is 1. The Morgan fingerprint density at radius 1 is 1.03 bits per heavy atom. The van der Waals surface area contributed by atoms with E-state index in [1.165, 1.54) is 16.7 Å². The summed E-state index contributed by atoms with van der Waals surface area (Å²) in [5, 5.41) is 11.5. The van der Waals surface area contributed by atoms with E-state index in [-0.39, 0.29) is 39.0 Å². The van der Waals surface area contributed by atoms with Crippen LogP contribution in [0.4, 0.5) is 5.69 Å². The zero-order valence-electron chi connectivity index (χ0n) is 33.9. The summed E-state index contributed by atoms with van der Waals surface area (Å²) in [6.45, 7) is 10.4. The number of sulfonamides is 1. The van der Waals surface area contributed by atoms with Crippen molar-refractivity contribution in [2.45, 2.75) is 50.8 Å². The number of aromatic nitrogens is 2. The van der Waals surface area contributed by atoms with E-state index in [0.29, 0.717) is 25.6 Å². The number of ether oxygens (including phenoxy) is 3. The number of amides is 1. The summed E-state index contributed by atoms with van der Waals surface area (Å²) in [4.78, 5) is 25.6. The van der Waals surface area contributed by atoms with Gasteiger partial charge in [-0.2, -0.15) is 5.26 Å². The Kier molecular flexibility index (Phi) is 12.2. The molecule has 2 aromatic heterocycles. The van der Waals surface area contributed by atoms with Gasteiger partial charge in [0.1, 0.15) is 28.0 Å². The maximum Gasteiger partial charge on any atom is 0.268 e. The Morgan fingerprint density at radius 3 is 2.58 bits per heavy atom. The van der Waals surface area contributed by atoms with Gasteiger partial charge in [0.25, 0.3) is 15.9 Å². The molecule has 0 saturated carbocycles. The molecular weight excluding hydrogens is 800 g/mol. The molecule has 0 atom stereocenters. The van der Waals surface area contributed by atoms with Crippen LogP contribution in [0.3, 0.4) is 0 Å². The molecular formula is C46H49ClN6O6S. The van der Waals surface area contributed by atoms with E-state index in [1.807, 2.05) is 48.7 Å². The molecule has 14 heteroatoms. The van der Waals surface area contributed by atoms with Gasteiger partial charge in [0, 0.05) is 79.8 Å². The van der Waals surface area contributed by atoms with Crippen LogP contribution < -0.4 is 19.1 Å². The van der Waals surface area contributed by atoms with E-state index < -0.39 is 15.9 Å². The third-order valence-corrected chi connectivity index (χ3v) is 13.3. The number of H-pyrrole nitrogens is 1. The molecule has 312 valence electrons. The number of piperazine rings is 1. The lowest BCUT2D eigenvalue weighted by molar-refractivity contribution is 0.0490. The number of rotatable bonds is 12. The fraction of sp³-hybridized carbons (Fsp3) is 0.370. The van der Waals surface area contributed by atoms with Crippen LogP contribution in [0.2, 0.25) is 5.02 Å². The lowest BCUT2D eigenvalue weighted by Gasteiger charge is -2.39. The summed E-state index contributed by atoms with van der Waals surface area (Å²) in [5.41, 5.74) is 6.15. The van der Waals surface area contributed by atoms with Gasteiger partial charge >= 0.3 is 0 Å². The maximum absolute atomic E-state index is 13.9. The Bertz CT molecular complexity index is 2550. The van der Waals surface area contributed by atoms with Crippen molar-refractivity contribution in [3.63, 3.8) is 0 Å². The van der Waals surface area contributed by atoms with Gasteiger partial charge in [0.15, 0.2) is 0 Å². The Hall–Kier alpha value is -5.39. The van der Waals surface area contributed by atoms with Crippen molar-refractivity contribution in [3.8, 4) is 23.4 Å².